The van der Waals surface area contributed by atoms with E-state index in [1.807, 2.05) is 20.9 Å². The molecule has 0 rings (SSSR count). The quantitative estimate of drug-likeness (QED) is 0.568. The third kappa shape index (κ3) is 9.52. The third-order valence-electron chi connectivity index (χ3n) is 2.59. The number of sulfonamides is 1. The van der Waals surface area contributed by atoms with Gasteiger partial charge in [0.15, 0.2) is 0 Å². The van der Waals surface area contributed by atoms with E-state index in [1.54, 1.807) is 7.11 Å². The number of hydrogen-bond acceptors (Lipinski definition) is 4. The molecule has 0 fully saturated rings. The van der Waals surface area contributed by atoms with Gasteiger partial charge in [-0.15, -0.1) is 0 Å². The van der Waals surface area contributed by atoms with Crippen molar-refractivity contribution in [1.29, 1.82) is 0 Å². The summed E-state index contributed by atoms with van der Waals surface area (Å²) in [5, 5.41) is 2.93. The maximum absolute atomic E-state index is 11.7. The van der Waals surface area contributed by atoms with Crippen LogP contribution in [0.2, 0.25) is 0 Å². The van der Waals surface area contributed by atoms with Gasteiger partial charge in [-0.1, -0.05) is 13.8 Å². The Labute approximate surface area is 105 Å². The van der Waals surface area contributed by atoms with E-state index in [2.05, 4.69) is 10.0 Å². The van der Waals surface area contributed by atoms with Gasteiger partial charge in [-0.2, -0.15) is 0 Å². The average molecular weight is 266 g/mol. The molecule has 6 heteroatoms. The monoisotopic (exact) mass is 266 g/mol. The van der Waals surface area contributed by atoms with Crippen molar-refractivity contribution in [2.75, 3.05) is 39.6 Å². The van der Waals surface area contributed by atoms with E-state index < -0.39 is 10.0 Å². The minimum Gasteiger partial charge on any atom is -0.385 e. The van der Waals surface area contributed by atoms with Gasteiger partial charge < -0.3 is 10.1 Å². The highest BCUT2D eigenvalue weighted by Crippen LogP contribution is 2.19. The Balaban J connectivity index is 3.99. The first-order valence-electron chi connectivity index (χ1n) is 5.94. The van der Waals surface area contributed by atoms with Crippen LogP contribution in [0.4, 0.5) is 0 Å². The molecule has 0 saturated heterocycles. The van der Waals surface area contributed by atoms with Crippen LogP contribution in [0.3, 0.4) is 0 Å². The van der Waals surface area contributed by atoms with Crippen molar-refractivity contribution in [1.82, 2.24) is 10.0 Å². The highest BCUT2D eigenvalue weighted by molar-refractivity contribution is 7.89. The number of methoxy groups -OCH3 is 1. The largest absolute Gasteiger partial charge is 0.385 e. The van der Waals surface area contributed by atoms with E-state index in [0.29, 0.717) is 26.1 Å². The molecule has 0 unspecified atom stereocenters. The van der Waals surface area contributed by atoms with Crippen molar-refractivity contribution in [3.05, 3.63) is 0 Å². The molecule has 0 aliphatic carbocycles. The van der Waals surface area contributed by atoms with E-state index in [4.69, 9.17) is 4.74 Å². The second kappa shape index (κ2) is 8.02. The third-order valence-corrected chi connectivity index (χ3v) is 4.00. The summed E-state index contributed by atoms with van der Waals surface area (Å²) >= 11 is 0. The minimum atomic E-state index is -3.14. The van der Waals surface area contributed by atoms with E-state index in [-0.39, 0.29) is 11.2 Å². The highest BCUT2D eigenvalue weighted by atomic mass is 32.2. The lowest BCUT2D eigenvalue weighted by atomic mass is 9.90. The molecule has 0 aromatic rings. The maximum atomic E-state index is 11.7. The Morgan fingerprint density at radius 3 is 2.47 bits per heavy atom. The molecule has 5 nitrogen and oxygen atoms in total. The molecule has 0 amide bonds. The molecule has 0 aliphatic heterocycles. The average Bonchev–Trinajstić information content (AvgIpc) is 2.25. The Morgan fingerprint density at radius 2 is 1.94 bits per heavy atom. The van der Waals surface area contributed by atoms with Crippen LogP contribution < -0.4 is 10.0 Å². The van der Waals surface area contributed by atoms with Gasteiger partial charge in [0, 0.05) is 20.3 Å². The summed E-state index contributed by atoms with van der Waals surface area (Å²) in [6.45, 7) is 5.88. The summed E-state index contributed by atoms with van der Waals surface area (Å²) < 4.78 is 31.0. The van der Waals surface area contributed by atoms with E-state index in [0.717, 1.165) is 6.42 Å². The van der Waals surface area contributed by atoms with Gasteiger partial charge in [0.05, 0.1) is 5.75 Å². The fourth-order valence-electron chi connectivity index (χ4n) is 1.28. The molecular weight excluding hydrogens is 240 g/mol. The molecule has 0 saturated carbocycles. The fourth-order valence-corrected chi connectivity index (χ4v) is 2.56. The lowest BCUT2D eigenvalue weighted by molar-refractivity contribution is 0.153. The highest BCUT2D eigenvalue weighted by Gasteiger charge is 2.20. The van der Waals surface area contributed by atoms with Crippen molar-refractivity contribution in [2.24, 2.45) is 5.41 Å². The van der Waals surface area contributed by atoms with Crippen LogP contribution >= 0.6 is 0 Å². The molecule has 0 heterocycles. The summed E-state index contributed by atoms with van der Waals surface area (Å²) in [7, 11) is 0.321. The minimum absolute atomic E-state index is 0.0773. The van der Waals surface area contributed by atoms with Crippen LogP contribution in [-0.2, 0) is 14.8 Å². The molecule has 0 aliphatic rings. The van der Waals surface area contributed by atoms with Crippen molar-refractivity contribution in [2.45, 2.75) is 26.7 Å². The van der Waals surface area contributed by atoms with Crippen molar-refractivity contribution in [3.8, 4) is 0 Å². The van der Waals surface area contributed by atoms with Crippen molar-refractivity contribution >= 4 is 10.0 Å². The zero-order chi connectivity index (χ0) is 13.4. The van der Waals surface area contributed by atoms with Crippen LogP contribution in [0, 0.1) is 5.41 Å². The summed E-state index contributed by atoms with van der Waals surface area (Å²) in [6, 6.07) is 0. The van der Waals surface area contributed by atoms with Gasteiger partial charge in [0.25, 0.3) is 0 Å². The summed E-state index contributed by atoms with van der Waals surface area (Å²) in [5.41, 5.74) is -0.0773. The van der Waals surface area contributed by atoms with Gasteiger partial charge in [-0.05, 0) is 31.8 Å². The number of hydrogen-bond donors (Lipinski definition) is 2. The molecule has 0 aromatic heterocycles. The molecule has 17 heavy (non-hydrogen) atoms. The summed E-state index contributed by atoms with van der Waals surface area (Å²) in [4.78, 5) is 0. The van der Waals surface area contributed by atoms with Gasteiger partial charge in [-0.25, -0.2) is 13.1 Å². The first-order valence-corrected chi connectivity index (χ1v) is 7.59. The molecule has 2 N–H and O–H groups in total. The zero-order valence-electron chi connectivity index (χ0n) is 11.4. The predicted octanol–water partition coefficient (Wildman–Crippen LogP) is 0.578. The van der Waals surface area contributed by atoms with Crippen LogP contribution in [0.5, 0.6) is 0 Å². The lowest BCUT2D eigenvalue weighted by Crippen LogP contribution is -2.36. The van der Waals surface area contributed by atoms with E-state index in [9.17, 15) is 8.42 Å². The van der Waals surface area contributed by atoms with Crippen molar-refractivity contribution < 1.29 is 13.2 Å². The number of rotatable bonds is 10. The molecule has 0 spiro atoms. The second-order valence-corrected chi connectivity index (χ2v) is 6.93. The van der Waals surface area contributed by atoms with Crippen LogP contribution in [0.1, 0.15) is 26.7 Å². The molecule has 0 aromatic carbocycles. The molecule has 0 bridgehead atoms. The van der Waals surface area contributed by atoms with Crippen molar-refractivity contribution in [3.63, 3.8) is 0 Å². The predicted molar refractivity (Wildman–Crippen MR) is 70.6 cm³/mol. The van der Waals surface area contributed by atoms with Gasteiger partial charge >= 0.3 is 0 Å². The summed E-state index contributed by atoms with van der Waals surface area (Å²) in [6.07, 6.45) is 1.47. The number of ether oxygens (including phenoxy) is 1. The SMILES string of the molecule is CNCCCS(=O)(=O)NCC(C)(C)CCOC. The summed E-state index contributed by atoms with van der Waals surface area (Å²) in [5.74, 6) is 0.175. The van der Waals surface area contributed by atoms with E-state index in [1.165, 1.54) is 0 Å². The van der Waals surface area contributed by atoms with E-state index >= 15 is 0 Å². The molecule has 0 radical (unpaired) electrons. The Morgan fingerprint density at radius 1 is 1.29 bits per heavy atom. The van der Waals surface area contributed by atoms with Gasteiger partial charge in [0.1, 0.15) is 0 Å². The zero-order valence-corrected chi connectivity index (χ0v) is 12.2. The normalized spacial score (nSPS) is 12.9. The topological polar surface area (TPSA) is 67.4 Å². The molecule has 0 atom stereocenters. The number of nitrogens with one attached hydrogen (secondary N) is 2. The van der Waals surface area contributed by atoms with Gasteiger partial charge in [0.2, 0.25) is 10.0 Å². The van der Waals surface area contributed by atoms with Crippen LogP contribution in [0.15, 0.2) is 0 Å². The molecule has 104 valence electrons. The smallest absolute Gasteiger partial charge is 0.211 e. The first-order chi connectivity index (χ1) is 7.83. The van der Waals surface area contributed by atoms with Crippen LogP contribution in [-0.4, -0.2) is 48.0 Å². The Bertz CT molecular complexity index is 289. The second-order valence-electron chi connectivity index (χ2n) is 5.00. The Kier molecular flexibility index (Phi) is 7.94. The maximum Gasteiger partial charge on any atom is 0.211 e. The Hall–Kier alpha value is -0.170. The fraction of sp³-hybridized carbons (Fsp3) is 1.00. The van der Waals surface area contributed by atoms with Crippen LogP contribution in [0.25, 0.3) is 0 Å². The molecular formula is C11H26N2O3S. The standard InChI is InChI=1S/C11H26N2O3S/c1-11(2,6-8-16-4)10-13-17(14,15)9-5-7-12-3/h12-13H,5-10H2,1-4H3. The van der Waals surface area contributed by atoms with Gasteiger partial charge in [-0.3, -0.25) is 0 Å². The lowest BCUT2D eigenvalue weighted by Gasteiger charge is -2.24. The first kappa shape index (κ1) is 16.8.